The molecule has 1 amide bonds. The highest BCUT2D eigenvalue weighted by atomic mass is 19.4. The zero-order chi connectivity index (χ0) is 20.7. The van der Waals surface area contributed by atoms with E-state index >= 15 is 0 Å². The number of amides is 1. The molecule has 0 aliphatic heterocycles. The van der Waals surface area contributed by atoms with Gasteiger partial charge in [-0.1, -0.05) is 12.1 Å². The number of carbonyl (C=O) groups is 1. The minimum Gasteiger partial charge on any atom is -0.435 e. The summed E-state index contributed by atoms with van der Waals surface area (Å²) in [5.41, 5.74) is 0.0587. The molecular weight excluding hydrogens is 385 g/mol. The largest absolute Gasteiger partial charge is 0.435 e. The van der Waals surface area contributed by atoms with Crippen molar-refractivity contribution in [3.63, 3.8) is 0 Å². The monoisotopic (exact) mass is 403 g/mol. The van der Waals surface area contributed by atoms with Gasteiger partial charge in [0.25, 0.3) is 0 Å². The molecule has 28 heavy (non-hydrogen) atoms. The van der Waals surface area contributed by atoms with E-state index in [4.69, 9.17) is 0 Å². The first kappa shape index (κ1) is 21.4. The van der Waals surface area contributed by atoms with Crippen molar-refractivity contribution in [3.05, 3.63) is 53.4 Å². The smallest absolute Gasteiger partial charge is 0.435 e. The van der Waals surface area contributed by atoms with E-state index in [2.05, 4.69) is 15.2 Å². The van der Waals surface area contributed by atoms with Gasteiger partial charge in [0.05, 0.1) is 0 Å². The number of carbonyl (C=O) groups excluding carboxylic acids is 1. The highest BCUT2D eigenvalue weighted by molar-refractivity contribution is 5.91. The maximum absolute atomic E-state index is 12.6. The second-order valence-electron chi connectivity index (χ2n) is 5.82. The Morgan fingerprint density at radius 3 is 2.54 bits per heavy atom. The molecule has 0 aliphatic carbocycles. The molecule has 1 heterocycles. The number of benzene rings is 1. The minimum atomic E-state index is -4.49. The van der Waals surface area contributed by atoms with Crippen molar-refractivity contribution in [1.29, 1.82) is 0 Å². The topological polar surface area (TPSA) is 56.2 Å². The number of ether oxygens (including phenoxy) is 1. The Bertz CT molecular complexity index is 814. The van der Waals surface area contributed by atoms with Gasteiger partial charge in [-0.25, -0.2) is 0 Å². The standard InChI is InChI=1S/C18H18F5N3O2/c1-12-11-15(18(21,22)23)25-26(12)10-2-9-24-16(27)8-5-13-3-6-14(7-4-13)28-17(19)20/h3-8,11,17H,2,9-10H2,1H3,(H,24,27)/b8-5-. The van der Waals surface area contributed by atoms with Crippen molar-refractivity contribution in [2.45, 2.75) is 32.7 Å². The van der Waals surface area contributed by atoms with E-state index in [9.17, 15) is 26.7 Å². The second kappa shape index (κ2) is 9.34. The predicted octanol–water partition coefficient (Wildman–Crippen LogP) is 4.03. The third-order valence-electron chi connectivity index (χ3n) is 3.65. The molecule has 0 bridgehead atoms. The van der Waals surface area contributed by atoms with Crippen molar-refractivity contribution < 1.29 is 31.5 Å². The van der Waals surface area contributed by atoms with Gasteiger partial charge in [-0.15, -0.1) is 0 Å². The lowest BCUT2D eigenvalue weighted by molar-refractivity contribution is -0.141. The summed E-state index contributed by atoms with van der Waals surface area (Å²) in [6, 6.07) is 6.70. The molecule has 1 aromatic carbocycles. The summed E-state index contributed by atoms with van der Waals surface area (Å²) >= 11 is 0. The summed E-state index contributed by atoms with van der Waals surface area (Å²) in [4.78, 5) is 11.7. The first-order chi connectivity index (χ1) is 13.1. The van der Waals surface area contributed by atoms with Crippen LogP contribution in [-0.2, 0) is 17.5 Å². The Morgan fingerprint density at radius 1 is 1.29 bits per heavy atom. The van der Waals surface area contributed by atoms with Gasteiger partial charge < -0.3 is 10.1 Å². The Labute approximate surface area is 157 Å². The SMILES string of the molecule is Cc1cc(C(F)(F)F)nn1CCCNC(=O)/C=C\c1ccc(OC(F)F)cc1. The second-order valence-corrected chi connectivity index (χ2v) is 5.82. The molecule has 0 atom stereocenters. The van der Waals surface area contributed by atoms with Gasteiger partial charge in [-0.2, -0.15) is 27.1 Å². The van der Waals surface area contributed by atoms with E-state index < -0.39 is 18.5 Å². The maximum atomic E-state index is 12.6. The fourth-order valence-electron chi connectivity index (χ4n) is 2.31. The number of alkyl halides is 5. The maximum Gasteiger partial charge on any atom is 0.435 e. The number of hydrogen-bond donors (Lipinski definition) is 1. The number of aryl methyl sites for hydroxylation is 2. The molecule has 5 nitrogen and oxygen atoms in total. The highest BCUT2D eigenvalue weighted by Crippen LogP contribution is 2.28. The normalized spacial score (nSPS) is 12.0. The molecule has 0 saturated heterocycles. The lowest BCUT2D eigenvalue weighted by Gasteiger charge is -2.06. The van der Waals surface area contributed by atoms with E-state index in [1.165, 1.54) is 48.0 Å². The molecule has 10 heteroatoms. The lowest BCUT2D eigenvalue weighted by Crippen LogP contribution is -2.23. The number of halogens is 5. The van der Waals surface area contributed by atoms with Crippen LogP contribution in [-0.4, -0.2) is 28.8 Å². The molecule has 0 saturated carbocycles. The van der Waals surface area contributed by atoms with Crippen LogP contribution in [0, 0.1) is 6.92 Å². The van der Waals surface area contributed by atoms with Crippen LogP contribution in [0.4, 0.5) is 22.0 Å². The van der Waals surface area contributed by atoms with Crippen LogP contribution in [0.5, 0.6) is 5.75 Å². The number of aromatic nitrogens is 2. The molecule has 0 unspecified atom stereocenters. The summed E-state index contributed by atoms with van der Waals surface area (Å²) in [5, 5.41) is 6.11. The average molecular weight is 403 g/mol. The first-order valence-corrected chi connectivity index (χ1v) is 8.27. The van der Waals surface area contributed by atoms with Crippen LogP contribution < -0.4 is 10.1 Å². The van der Waals surface area contributed by atoms with Gasteiger partial charge in [-0.05, 0) is 43.2 Å². The summed E-state index contributed by atoms with van der Waals surface area (Å²) in [7, 11) is 0. The molecule has 0 radical (unpaired) electrons. The molecule has 2 rings (SSSR count). The van der Waals surface area contributed by atoms with Crippen LogP contribution in [0.1, 0.15) is 23.4 Å². The fraction of sp³-hybridized carbons (Fsp3) is 0.333. The molecule has 0 spiro atoms. The van der Waals surface area contributed by atoms with Crippen LogP contribution in [0.25, 0.3) is 6.08 Å². The van der Waals surface area contributed by atoms with E-state index in [-0.39, 0.29) is 24.7 Å². The Balaban J connectivity index is 1.75. The molecule has 0 aliphatic rings. The summed E-state index contributed by atoms with van der Waals surface area (Å²) < 4.78 is 67.4. The Hall–Kier alpha value is -2.91. The van der Waals surface area contributed by atoms with E-state index in [1.54, 1.807) is 0 Å². The first-order valence-electron chi connectivity index (χ1n) is 8.27. The van der Waals surface area contributed by atoms with Crippen molar-refractivity contribution in [3.8, 4) is 5.75 Å². The highest BCUT2D eigenvalue weighted by Gasteiger charge is 2.34. The summed E-state index contributed by atoms with van der Waals surface area (Å²) in [6.07, 6.45) is -1.32. The Morgan fingerprint density at radius 2 is 1.96 bits per heavy atom. The van der Waals surface area contributed by atoms with Gasteiger partial charge in [0.15, 0.2) is 5.69 Å². The van der Waals surface area contributed by atoms with Crippen LogP contribution in [0.3, 0.4) is 0 Å². The molecule has 152 valence electrons. The molecule has 0 fully saturated rings. The quantitative estimate of drug-likeness (QED) is 0.411. The van der Waals surface area contributed by atoms with Gasteiger partial charge >= 0.3 is 12.8 Å². The third-order valence-corrected chi connectivity index (χ3v) is 3.65. The zero-order valence-electron chi connectivity index (χ0n) is 14.8. The number of nitrogens with one attached hydrogen (secondary N) is 1. The van der Waals surface area contributed by atoms with Gasteiger partial charge in [-0.3, -0.25) is 9.48 Å². The molecule has 1 N–H and O–H groups in total. The van der Waals surface area contributed by atoms with Gasteiger partial charge in [0.1, 0.15) is 5.75 Å². The fourth-order valence-corrected chi connectivity index (χ4v) is 2.31. The van der Waals surface area contributed by atoms with E-state index in [0.29, 0.717) is 17.7 Å². The summed E-state index contributed by atoms with van der Waals surface area (Å²) in [6.45, 7) is -0.887. The van der Waals surface area contributed by atoms with Crippen molar-refractivity contribution in [1.82, 2.24) is 15.1 Å². The van der Waals surface area contributed by atoms with Crippen molar-refractivity contribution in [2.24, 2.45) is 0 Å². The van der Waals surface area contributed by atoms with Gasteiger partial charge in [0.2, 0.25) is 5.91 Å². The van der Waals surface area contributed by atoms with E-state index in [0.717, 1.165) is 6.07 Å². The minimum absolute atomic E-state index is 0.0131. The van der Waals surface area contributed by atoms with Crippen LogP contribution >= 0.6 is 0 Å². The van der Waals surface area contributed by atoms with Crippen molar-refractivity contribution in [2.75, 3.05) is 6.54 Å². The average Bonchev–Trinajstić information content (AvgIpc) is 2.99. The lowest BCUT2D eigenvalue weighted by atomic mass is 10.2. The van der Waals surface area contributed by atoms with E-state index in [1.807, 2.05) is 0 Å². The zero-order valence-corrected chi connectivity index (χ0v) is 14.8. The van der Waals surface area contributed by atoms with Gasteiger partial charge in [0, 0.05) is 24.9 Å². The van der Waals surface area contributed by atoms with Crippen LogP contribution in [0.2, 0.25) is 0 Å². The molecule has 2 aromatic rings. The number of nitrogens with zero attached hydrogens (tertiary/aromatic N) is 2. The predicted molar refractivity (Wildman–Crippen MR) is 91.7 cm³/mol. The third kappa shape index (κ3) is 6.67. The molecular formula is C18H18F5N3O2. The Kier molecular flexibility index (Phi) is 7.13. The molecule has 1 aromatic heterocycles. The van der Waals surface area contributed by atoms with Crippen LogP contribution in [0.15, 0.2) is 36.4 Å². The number of hydrogen-bond acceptors (Lipinski definition) is 3. The number of rotatable bonds is 8. The van der Waals surface area contributed by atoms with Crippen molar-refractivity contribution >= 4 is 12.0 Å². The summed E-state index contributed by atoms with van der Waals surface area (Å²) in [5.74, 6) is -0.375.